The summed E-state index contributed by atoms with van der Waals surface area (Å²) in [5.74, 6) is 0.607. The van der Waals surface area contributed by atoms with Crippen LogP contribution in [0.2, 0.25) is 0 Å². The Bertz CT molecular complexity index is 577. The van der Waals surface area contributed by atoms with E-state index in [1.54, 1.807) is 0 Å². The molecule has 2 saturated heterocycles. The first-order chi connectivity index (χ1) is 11.6. The van der Waals surface area contributed by atoms with Crippen LogP contribution in [0.5, 0.6) is 0 Å². The van der Waals surface area contributed by atoms with Crippen LogP contribution in [0.15, 0.2) is 24.3 Å². The van der Waals surface area contributed by atoms with Crippen molar-refractivity contribution in [2.24, 2.45) is 5.92 Å². The molecule has 1 aromatic carbocycles. The van der Waals surface area contributed by atoms with Gasteiger partial charge in [0.05, 0.1) is 6.42 Å². The van der Waals surface area contributed by atoms with Gasteiger partial charge in [-0.3, -0.25) is 9.59 Å². The number of halogens is 1. The number of aryl methyl sites for hydroxylation is 1. The average Bonchev–Trinajstić information content (AvgIpc) is 2.64. The normalized spacial score (nSPS) is 18.6. The van der Waals surface area contributed by atoms with Gasteiger partial charge in [-0.05, 0) is 38.4 Å². The summed E-state index contributed by atoms with van der Waals surface area (Å²) < 4.78 is 0. The lowest BCUT2D eigenvalue weighted by molar-refractivity contribution is -0.142. The largest absolute Gasteiger partial charge is 0.339 e. The summed E-state index contributed by atoms with van der Waals surface area (Å²) in [5, 5.41) is 3.30. The summed E-state index contributed by atoms with van der Waals surface area (Å²) in [5.41, 5.74) is 2.26. The van der Waals surface area contributed by atoms with Crippen molar-refractivity contribution in [3.63, 3.8) is 0 Å². The van der Waals surface area contributed by atoms with E-state index in [1.165, 1.54) is 5.56 Å². The fourth-order valence-corrected chi connectivity index (χ4v) is 3.50. The molecule has 0 aromatic heterocycles. The van der Waals surface area contributed by atoms with Crippen molar-refractivity contribution in [1.29, 1.82) is 0 Å². The highest BCUT2D eigenvalue weighted by atomic mass is 35.5. The van der Waals surface area contributed by atoms with Crippen LogP contribution < -0.4 is 5.32 Å². The molecular formula is C19H28ClN3O2. The van der Waals surface area contributed by atoms with Gasteiger partial charge in [0.15, 0.2) is 0 Å². The summed E-state index contributed by atoms with van der Waals surface area (Å²) in [7, 11) is 0. The third-order valence-electron chi connectivity index (χ3n) is 5.11. The first kappa shape index (κ1) is 19.7. The van der Waals surface area contributed by atoms with Crippen molar-refractivity contribution in [2.75, 3.05) is 39.3 Å². The number of hydrogen-bond acceptors (Lipinski definition) is 3. The van der Waals surface area contributed by atoms with Gasteiger partial charge in [0.1, 0.15) is 0 Å². The number of rotatable bonds is 3. The molecule has 25 heavy (non-hydrogen) atoms. The summed E-state index contributed by atoms with van der Waals surface area (Å²) in [6.07, 6.45) is 2.32. The minimum absolute atomic E-state index is 0. The van der Waals surface area contributed by atoms with E-state index >= 15 is 0 Å². The molecular weight excluding hydrogens is 338 g/mol. The highest BCUT2D eigenvalue weighted by Gasteiger charge is 2.29. The predicted molar refractivity (Wildman–Crippen MR) is 101 cm³/mol. The maximum Gasteiger partial charge on any atom is 0.227 e. The van der Waals surface area contributed by atoms with Crippen LogP contribution in [-0.4, -0.2) is 60.9 Å². The molecule has 2 aliphatic heterocycles. The zero-order valence-electron chi connectivity index (χ0n) is 14.9. The smallest absolute Gasteiger partial charge is 0.227 e. The van der Waals surface area contributed by atoms with E-state index in [2.05, 4.69) is 5.32 Å². The van der Waals surface area contributed by atoms with Crippen molar-refractivity contribution in [2.45, 2.75) is 26.2 Å². The number of benzene rings is 1. The van der Waals surface area contributed by atoms with Gasteiger partial charge in [0.25, 0.3) is 0 Å². The SMILES string of the molecule is Cc1ccc(CC(=O)N2CCN(C(=O)C3CCNCC3)CC2)cc1.Cl. The molecule has 2 amide bonds. The van der Waals surface area contributed by atoms with Crippen molar-refractivity contribution in [3.05, 3.63) is 35.4 Å². The van der Waals surface area contributed by atoms with Crippen molar-refractivity contribution >= 4 is 24.2 Å². The molecule has 1 N–H and O–H groups in total. The van der Waals surface area contributed by atoms with E-state index in [1.807, 2.05) is 41.0 Å². The van der Waals surface area contributed by atoms with Crippen LogP contribution in [0.3, 0.4) is 0 Å². The van der Waals surface area contributed by atoms with E-state index in [-0.39, 0.29) is 30.1 Å². The third kappa shape index (κ3) is 5.19. The lowest BCUT2D eigenvalue weighted by Crippen LogP contribution is -2.53. The molecule has 0 atom stereocenters. The number of nitrogens with zero attached hydrogens (tertiary/aromatic N) is 2. The number of amides is 2. The Labute approximate surface area is 156 Å². The van der Waals surface area contributed by atoms with Crippen molar-refractivity contribution < 1.29 is 9.59 Å². The summed E-state index contributed by atoms with van der Waals surface area (Å²) in [6, 6.07) is 8.12. The minimum Gasteiger partial charge on any atom is -0.339 e. The Morgan fingerprint density at radius 1 is 1.00 bits per heavy atom. The molecule has 5 nitrogen and oxygen atoms in total. The molecule has 0 unspecified atom stereocenters. The predicted octanol–water partition coefficient (Wildman–Crippen LogP) is 1.63. The second-order valence-corrected chi connectivity index (χ2v) is 6.89. The van der Waals surface area contributed by atoms with Gasteiger partial charge in [-0.15, -0.1) is 12.4 Å². The Morgan fingerprint density at radius 2 is 1.56 bits per heavy atom. The fraction of sp³-hybridized carbons (Fsp3) is 0.579. The summed E-state index contributed by atoms with van der Waals surface area (Å²) in [4.78, 5) is 28.8. The zero-order valence-corrected chi connectivity index (χ0v) is 15.7. The Hall–Kier alpha value is -1.59. The lowest BCUT2D eigenvalue weighted by atomic mass is 9.96. The maximum absolute atomic E-state index is 12.5. The number of hydrogen-bond donors (Lipinski definition) is 1. The second kappa shape index (κ2) is 9.20. The van der Waals surface area contributed by atoms with E-state index in [9.17, 15) is 9.59 Å². The van der Waals surface area contributed by atoms with Crippen molar-refractivity contribution in [3.8, 4) is 0 Å². The van der Waals surface area contributed by atoms with Crippen LogP contribution in [0.25, 0.3) is 0 Å². The van der Waals surface area contributed by atoms with Crippen LogP contribution in [0, 0.1) is 12.8 Å². The third-order valence-corrected chi connectivity index (χ3v) is 5.11. The molecule has 1 aromatic rings. The van der Waals surface area contributed by atoms with Gasteiger partial charge in [0, 0.05) is 32.1 Å². The molecule has 0 radical (unpaired) electrons. The zero-order chi connectivity index (χ0) is 16.9. The number of carbonyl (C=O) groups is 2. The monoisotopic (exact) mass is 365 g/mol. The molecule has 2 heterocycles. The quantitative estimate of drug-likeness (QED) is 0.885. The van der Waals surface area contributed by atoms with E-state index in [4.69, 9.17) is 0 Å². The topological polar surface area (TPSA) is 52.7 Å². The molecule has 2 aliphatic rings. The molecule has 0 saturated carbocycles. The van der Waals surface area contributed by atoms with Gasteiger partial charge in [-0.25, -0.2) is 0 Å². The van der Waals surface area contributed by atoms with Crippen LogP contribution >= 0.6 is 12.4 Å². The number of carbonyl (C=O) groups excluding carboxylic acids is 2. The van der Waals surface area contributed by atoms with E-state index in [0.29, 0.717) is 32.6 Å². The summed E-state index contributed by atoms with van der Waals surface area (Å²) in [6.45, 7) is 6.56. The highest BCUT2D eigenvalue weighted by Crippen LogP contribution is 2.17. The van der Waals surface area contributed by atoms with Crippen LogP contribution in [-0.2, 0) is 16.0 Å². The van der Waals surface area contributed by atoms with Gasteiger partial charge in [0.2, 0.25) is 11.8 Å². The highest BCUT2D eigenvalue weighted by molar-refractivity contribution is 5.85. The number of nitrogens with one attached hydrogen (secondary N) is 1. The maximum atomic E-state index is 12.5. The minimum atomic E-state index is 0. The molecule has 0 bridgehead atoms. The summed E-state index contributed by atoms with van der Waals surface area (Å²) >= 11 is 0. The fourth-order valence-electron chi connectivity index (χ4n) is 3.50. The standard InChI is InChI=1S/C19H27N3O2.ClH/c1-15-2-4-16(5-3-15)14-18(23)21-10-12-22(13-11-21)19(24)17-6-8-20-9-7-17;/h2-5,17,20H,6-14H2,1H3;1H. The van der Waals surface area contributed by atoms with Crippen molar-refractivity contribution in [1.82, 2.24) is 15.1 Å². The van der Waals surface area contributed by atoms with Gasteiger partial charge < -0.3 is 15.1 Å². The molecule has 0 spiro atoms. The lowest BCUT2D eigenvalue weighted by Gasteiger charge is -2.37. The first-order valence-electron chi connectivity index (χ1n) is 8.96. The van der Waals surface area contributed by atoms with Gasteiger partial charge >= 0.3 is 0 Å². The van der Waals surface area contributed by atoms with Gasteiger partial charge in [-0.1, -0.05) is 29.8 Å². The molecule has 6 heteroatoms. The number of piperidine rings is 1. The van der Waals surface area contributed by atoms with Crippen LogP contribution in [0.4, 0.5) is 0 Å². The first-order valence-corrected chi connectivity index (χ1v) is 8.96. The van der Waals surface area contributed by atoms with E-state index < -0.39 is 0 Å². The molecule has 138 valence electrons. The Balaban J connectivity index is 0.00000225. The van der Waals surface area contributed by atoms with Gasteiger partial charge in [-0.2, -0.15) is 0 Å². The average molecular weight is 366 g/mol. The molecule has 2 fully saturated rings. The second-order valence-electron chi connectivity index (χ2n) is 6.89. The van der Waals surface area contributed by atoms with E-state index in [0.717, 1.165) is 31.5 Å². The molecule has 3 rings (SSSR count). The Kier molecular flexibility index (Phi) is 7.26. The molecule has 0 aliphatic carbocycles. The van der Waals surface area contributed by atoms with Crippen LogP contribution in [0.1, 0.15) is 24.0 Å². The number of piperazine rings is 1. The Morgan fingerprint density at radius 3 is 2.16 bits per heavy atom.